The Kier molecular flexibility index (Phi) is 3.70. The smallest absolute Gasteiger partial charge is 0.270 e. The molecule has 1 aromatic heterocycles. The van der Waals surface area contributed by atoms with Crippen LogP contribution < -0.4 is 0 Å². The summed E-state index contributed by atoms with van der Waals surface area (Å²) in [6.07, 6.45) is -0.149. The van der Waals surface area contributed by atoms with Crippen LogP contribution in [0.25, 0.3) is 0 Å². The van der Waals surface area contributed by atoms with Crippen molar-refractivity contribution in [3.05, 3.63) is 24.0 Å². The first kappa shape index (κ1) is 13.1. The number of aliphatic hydroxyl groups is 2. The molecule has 6 nitrogen and oxygen atoms in total. The highest BCUT2D eigenvalue weighted by atomic mass is 16.5. The number of rotatable bonds is 2. The lowest BCUT2D eigenvalue weighted by Crippen LogP contribution is -2.56. The predicted molar refractivity (Wildman–Crippen MR) is 64.1 cm³/mol. The SMILES string of the molecule is CN(C(=O)c1cccn1C)[C@@H]1COC[C@@H](O)[C@H]1O. The van der Waals surface area contributed by atoms with E-state index >= 15 is 0 Å². The summed E-state index contributed by atoms with van der Waals surface area (Å²) >= 11 is 0. The van der Waals surface area contributed by atoms with Crippen LogP contribution in [0.5, 0.6) is 0 Å². The summed E-state index contributed by atoms with van der Waals surface area (Å²) in [4.78, 5) is 13.7. The lowest BCUT2D eigenvalue weighted by molar-refractivity contribution is -0.122. The number of amides is 1. The molecule has 1 saturated heterocycles. The standard InChI is InChI=1S/C12H18N2O4/c1-13-5-3-4-8(13)12(17)14(2)9-6-18-7-10(15)11(9)16/h3-5,9-11,15-16H,6-7H2,1-2H3/t9-,10-,11+/m1/s1. The van der Waals surface area contributed by atoms with Crippen LogP contribution in [0, 0.1) is 0 Å². The number of carbonyl (C=O) groups is 1. The second kappa shape index (κ2) is 5.09. The Bertz CT molecular complexity index is 431. The van der Waals surface area contributed by atoms with Crippen molar-refractivity contribution in [2.75, 3.05) is 20.3 Å². The second-order valence-electron chi connectivity index (χ2n) is 4.58. The number of likely N-dealkylation sites (N-methyl/N-ethyl adjacent to an activating group) is 1. The molecule has 0 bridgehead atoms. The minimum Gasteiger partial charge on any atom is -0.388 e. The van der Waals surface area contributed by atoms with E-state index in [1.807, 2.05) is 0 Å². The molecule has 6 heteroatoms. The molecule has 2 heterocycles. The van der Waals surface area contributed by atoms with Crippen LogP contribution in [-0.2, 0) is 11.8 Å². The van der Waals surface area contributed by atoms with Crippen molar-refractivity contribution in [2.45, 2.75) is 18.2 Å². The minimum atomic E-state index is -0.979. The lowest BCUT2D eigenvalue weighted by Gasteiger charge is -2.37. The van der Waals surface area contributed by atoms with Crippen molar-refractivity contribution < 1.29 is 19.7 Å². The Hall–Kier alpha value is -1.37. The maximum absolute atomic E-state index is 12.2. The van der Waals surface area contributed by atoms with Crippen molar-refractivity contribution in [1.29, 1.82) is 0 Å². The molecule has 2 N–H and O–H groups in total. The largest absolute Gasteiger partial charge is 0.388 e. The fraction of sp³-hybridized carbons (Fsp3) is 0.583. The van der Waals surface area contributed by atoms with E-state index in [1.165, 1.54) is 4.90 Å². The number of aliphatic hydroxyl groups excluding tert-OH is 2. The van der Waals surface area contributed by atoms with Gasteiger partial charge in [0.2, 0.25) is 0 Å². The number of ether oxygens (including phenoxy) is 1. The summed E-state index contributed by atoms with van der Waals surface area (Å²) in [6.45, 7) is 0.328. The van der Waals surface area contributed by atoms with E-state index in [9.17, 15) is 15.0 Å². The molecule has 2 rings (SSSR count). The Morgan fingerprint density at radius 1 is 1.50 bits per heavy atom. The Labute approximate surface area is 105 Å². The highest BCUT2D eigenvalue weighted by molar-refractivity contribution is 5.92. The summed E-state index contributed by atoms with van der Waals surface area (Å²) in [7, 11) is 3.38. The van der Waals surface area contributed by atoms with Crippen molar-refractivity contribution in [3.63, 3.8) is 0 Å². The fourth-order valence-corrected chi connectivity index (χ4v) is 2.12. The molecule has 3 atom stereocenters. The van der Waals surface area contributed by atoms with Crippen LogP contribution in [-0.4, -0.2) is 64.1 Å². The highest BCUT2D eigenvalue weighted by Gasteiger charge is 2.36. The number of hydrogen-bond donors (Lipinski definition) is 2. The van der Waals surface area contributed by atoms with Crippen molar-refractivity contribution in [1.82, 2.24) is 9.47 Å². The van der Waals surface area contributed by atoms with Crippen LogP contribution in [0.1, 0.15) is 10.5 Å². The van der Waals surface area contributed by atoms with Gasteiger partial charge in [-0.15, -0.1) is 0 Å². The van der Waals surface area contributed by atoms with Crippen molar-refractivity contribution >= 4 is 5.91 Å². The van der Waals surface area contributed by atoms with Crippen LogP contribution >= 0.6 is 0 Å². The molecule has 0 spiro atoms. The van der Waals surface area contributed by atoms with Gasteiger partial charge in [0, 0.05) is 20.3 Å². The third kappa shape index (κ3) is 2.27. The molecule has 0 unspecified atom stereocenters. The quantitative estimate of drug-likeness (QED) is 0.726. The van der Waals surface area contributed by atoms with Crippen LogP contribution in [0.15, 0.2) is 18.3 Å². The molecule has 100 valence electrons. The van der Waals surface area contributed by atoms with E-state index in [-0.39, 0.29) is 19.1 Å². The molecule has 1 aliphatic rings. The van der Waals surface area contributed by atoms with Gasteiger partial charge in [0.1, 0.15) is 17.9 Å². The molecule has 0 radical (unpaired) electrons. The van der Waals surface area contributed by atoms with Crippen LogP contribution in [0.2, 0.25) is 0 Å². The molecule has 0 aromatic carbocycles. The Morgan fingerprint density at radius 3 is 2.83 bits per heavy atom. The van der Waals surface area contributed by atoms with Gasteiger partial charge in [-0.1, -0.05) is 0 Å². The van der Waals surface area contributed by atoms with Gasteiger partial charge in [0.25, 0.3) is 5.91 Å². The summed E-state index contributed by atoms with van der Waals surface area (Å²) < 4.78 is 6.89. The van der Waals surface area contributed by atoms with Gasteiger partial charge in [-0.2, -0.15) is 0 Å². The zero-order chi connectivity index (χ0) is 13.3. The van der Waals surface area contributed by atoms with Gasteiger partial charge < -0.3 is 24.4 Å². The van der Waals surface area contributed by atoms with E-state index in [0.29, 0.717) is 5.69 Å². The summed E-state index contributed by atoms with van der Waals surface area (Å²) in [5, 5.41) is 19.4. The Balaban J connectivity index is 2.13. The first-order valence-corrected chi connectivity index (χ1v) is 5.84. The van der Waals surface area contributed by atoms with E-state index < -0.39 is 18.2 Å². The first-order chi connectivity index (χ1) is 8.52. The fourth-order valence-electron chi connectivity index (χ4n) is 2.12. The topological polar surface area (TPSA) is 74.9 Å². The highest BCUT2D eigenvalue weighted by Crippen LogP contribution is 2.16. The summed E-state index contributed by atoms with van der Waals surface area (Å²) in [6, 6.07) is 2.96. The Morgan fingerprint density at radius 2 is 2.22 bits per heavy atom. The van der Waals surface area contributed by atoms with Gasteiger partial charge in [-0.05, 0) is 12.1 Å². The van der Waals surface area contributed by atoms with Gasteiger partial charge in [0.05, 0.1) is 19.3 Å². The third-order valence-electron chi connectivity index (χ3n) is 3.35. The molecule has 0 saturated carbocycles. The van der Waals surface area contributed by atoms with Crippen LogP contribution in [0.3, 0.4) is 0 Å². The summed E-state index contributed by atoms with van der Waals surface area (Å²) in [5.41, 5.74) is 0.532. The monoisotopic (exact) mass is 254 g/mol. The number of carbonyl (C=O) groups excluding carboxylic acids is 1. The lowest BCUT2D eigenvalue weighted by atomic mass is 10.0. The molecule has 18 heavy (non-hydrogen) atoms. The average molecular weight is 254 g/mol. The van der Waals surface area contributed by atoms with Crippen molar-refractivity contribution in [2.24, 2.45) is 7.05 Å². The second-order valence-corrected chi connectivity index (χ2v) is 4.58. The zero-order valence-electron chi connectivity index (χ0n) is 10.5. The molecular weight excluding hydrogens is 236 g/mol. The number of nitrogens with zero attached hydrogens (tertiary/aromatic N) is 2. The van der Waals surface area contributed by atoms with Gasteiger partial charge in [-0.3, -0.25) is 4.79 Å². The third-order valence-corrected chi connectivity index (χ3v) is 3.35. The number of hydrogen-bond acceptors (Lipinski definition) is 4. The van der Waals surface area contributed by atoms with Gasteiger partial charge >= 0.3 is 0 Å². The van der Waals surface area contributed by atoms with Gasteiger partial charge in [0.15, 0.2) is 0 Å². The average Bonchev–Trinajstić information content (AvgIpc) is 2.77. The molecule has 1 fully saturated rings. The molecule has 1 amide bonds. The summed E-state index contributed by atoms with van der Waals surface area (Å²) in [5.74, 6) is -0.204. The van der Waals surface area contributed by atoms with E-state index in [4.69, 9.17) is 4.74 Å². The van der Waals surface area contributed by atoms with Gasteiger partial charge in [-0.25, -0.2) is 0 Å². The molecular formula is C12H18N2O4. The van der Waals surface area contributed by atoms with E-state index in [2.05, 4.69) is 0 Å². The van der Waals surface area contributed by atoms with Crippen LogP contribution in [0.4, 0.5) is 0 Å². The molecule has 1 aromatic rings. The molecule has 1 aliphatic heterocycles. The van der Waals surface area contributed by atoms with E-state index in [1.54, 1.807) is 37.0 Å². The van der Waals surface area contributed by atoms with Crippen molar-refractivity contribution in [3.8, 4) is 0 Å². The number of aromatic nitrogens is 1. The minimum absolute atomic E-state index is 0.101. The maximum atomic E-state index is 12.2. The van der Waals surface area contributed by atoms with E-state index in [0.717, 1.165) is 0 Å². The predicted octanol–water partition coefficient (Wildman–Crippen LogP) is -0.782. The first-order valence-electron chi connectivity index (χ1n) is 5.84. The maximum Gasteiger partial charge on any atom is 0.270 e. The zero-order valence-corrected chi connectivity index (χ0v) is 10.5. The number of aryl methyl sites for hydroxylation is 1. The molecule has 0 aliphatic carbocycles. The normalized spacial score (nSPS) is 28.1.